The van der Waals surface area contributed by atoms with E-state index in [9.17, 15) is 10.1 Å². The lowest BCUT2D eigenvalue weighted by Crippen LogP contribution is -2.27. The molecule has 0 saturated heterocycles. The lowest BCUT2D eigenvalue weighted by molar-refractivity contribution is -0.385. The molecule has 4 aromatic rings. The number of nitro benzene ring substituents is 1. The summed E-state index contributed by atoms with van der Waals surface area (Å²) in [4.78, 5) is 18.8. The standard InChI is InChI=1S/C26H25N3O4/c1-4-33-26-22(29(30)31)13-17(14-23(26)32-3)25-20-15-28(2)12-11-19(20)24-18-8-6-5-7-16(18)9-10-21(24)27-25/h5-10,13-14H,4,11-12,15H2,1-3H3. The summed E-state index contributed by atoms with van der Waals surface area (Å²) in [6.45, 7) is 3.76. The Morgan fingerprint density at radius 1 is 1.15 bits per heavy atom. The first-order valence-corrected chi connectivity index (χ1v) is 11.0. The van der Waals surface area contributed by atoms with Gasteiger partial charge in [-0.05, 0) is 54.4 Å². The van der Waals surface area contributed by atoms with Crippen molar-refractivity contribution in [1.82, 2.24) is 9.88 Å². The van der Waals surface area contributed by atoms with E-state index in [0.29, 0.717) is 17.9 Å². The summed E-state index contributed by atoms with van der Waals surface area (Å²) in [5, 5.41) is 15.4. The summed E-state index contributed by atoms with van der Waals surface area (Å²) >= 11 is 0. The molecule has 0 saturated carbocycles. The second-order valence-electron chi connectivity index (χ2n) is 8.30. The summed E-state index contributed by atoms with van der Waals surface area (Å²) in [7, 11) is 3.58. The zero-order valence-corrected chi connectivity index (χ0v) is 18.9. The largest absolute Gasteiger partial charge is 0.493 e. The fraction of sp³-hybridized carbons (Fsp3) is 0.269. The third-order valence-corrected chi connectivity index (χ3v) is 6.28. The van der Waals surface area contributed by atoms with Crippen LogP contribution < -0.4 is 9.47 Å². The van der Waals surface area contributed by atoms with Crippen LogP contribution in [0.15, 0.2) is 48.5 Å². The second-order valence-corrected chi connectivity index (χ2v) is 8.30. The molecule has 168 valence electrons. The van der Waals surface area contributed by atoms with Gasteiger partial charge in [0, 0.05) is 30.1 Å². The van der Waals surface area contributed by atoms with Crippen LogP contribution in [-0.4, -0.2) is 42.1 Å². The number of hydrogen-bond acceptors (Lipinski definition) is 6. The van der Waals surface area contributed by atoms with Crippen molar-refractivity contribution in [2.45, 2.75) is 19.9 Å². The highest BCUT2D eigenvalue weighted by Gasteiger charge is 2.27. The van der Waals surface area contributed by atoms with Crippen LogP contribution >= 0.6 is 0 Å². The number of likely N-dealkylation sites (N-methyl/N-ethyl adjacent to an activating group) is 1. The molecule has 0 spiro atoms. The van der Waals surface area contributed by atoms with Gasteiger partial charge in [-0.25, -0.2) is 4.98 Å². The number of fused-ring (bicyclic) bond motifs is 5. The molecular formula is C26H25N3O4. The molecule has 0 bridgehead atoms. The Balaban J connectivity index is 1.84. The van der Waals surface area contributed by atoms with E-state index in [-0.39, 0.29) is 11.4 Å². The topological polar surface area (TPSA) is 77.7 Å². The quantitative estimate of drug-likeness (QED) is 0.235. The number of ether oxygens (including phenoxy) is 2. The van der Waals surface area contributed by atoms with Gasteiger partial charge in [0.2, 0.25) is 5.75 Å². The third-order valence-electron chi connectivity index (χ3n) is 6.28. The van der Waals surface area contributed by atoms with Crippen LogP contribution in [0.1, 0.15) is 18.1 Å². The average molecular weight is 444 g/mol. The molecule has 1 aliphatic heterocycles. The summed E-state index contributed by atoms with van der Waals surface area (Å²) < 4.78 is 11.1. The zero-order valence-electron chi connectivity index (χ0n) is 18.9. The summed E-state index contributed by atoms with van der Waals surface area (Å²) in [5.74, 6) is 0.478. The van der Waals surface area contributed by atoms with Gasteiger partial charge in [-0.3, -0.25) is 10.1 Å². The smallest absolute Gasteiger partial charge is 0.315 e. The maximum atomic E-state index is 11.9. The van der Waals surface area contributed by atoms with Crippen LogP contribution in [0.5, 0.6) is 11.5 Å². The molecule has 2 heterocycles. The molecule has 1 aliphatic rings. The Morgan fingerprint density at radius 3 is 2.73 bits per heavy atom. The highest BCUT2D eigenvalue weighted by Crippen LogP contribution is 2.43. The molecule has 1 aromatic heterocycles. The minimum absolute atomic E-state index is 0.121. The first-order valence-electron chi connectivity index (χ1n) is 11.0. The van der Waals surface area contributed by atoms with Gasteiger partial charge in [0.05, 0.1) is 29.9 Å². The van der Waals surface area contributed by atoms with Crippen LogP contribution in [0.3, 0.4) is 0 Å². The van der Waals surface area contributed by atoms with Gasteiger partial charge in [-0.2, -0.15) is 0 Å². The molecule has 0 unspecified atom stereocenters. The first kappa shape index (κ1) is 21.2. The van der Waals surface area contributed by atoms with Gasteiger partial charge in [-0.1, -0.05) is 30.3 Å². The molecule has 33 heavy (non-hydrogen) atoms. The van der Waals surface area contributed by atoms with E-state index in [4.69, 9.17) is 14.5 Å². The zero-order chi connectivity index (χ0) is 23.1. The molecule has 0 atom stereocenters. The lowest BCUT2D eigenvalue weighted by Gasteiger charge is -2.28. The Hall–Kier alpha value is -3.71. The molecule has 0 aliphatic carbocycles. The maximum absolute atomic E-state index is 11.9. The molecule has 7 heteroatoms. The number of methoxy groups -OCH3 is 1. The molecular weight excluding hydrogens is 418 g/mol. The third kappa shape index (κ3) is 3.54. The number of hydrogen-bond donors (Lipinski definition) is 0. The van der Waals surface area contributed by atoms with Crippen LogP contribution in [0.4, 0.5) is 5.69 Å². The van der Waals surface area contributed by atoms with Crippen LogP contribution in [0, 0.1) is 10.1 Å². The normalized spacial score (nSPS) is 13.8. The average Bonchev–Trinajstić information content (AvgIpc) is 2.83. The maximum Gasteiger partial charge on any atom is 0.315 e. The van der Waals surface area contributed by atoms with Gasteiger partial charge in [0.25, 0.3) is 0 Å². The highest BCUT2D eigenvalue weighted by molar-refractivity contribution is 6.09. The van der Waals surface area contributed by atoms with Crippen LogP contribution in [0.2, 0.25) is 0 Å². The van der Waals surface area contributed by atoms with Crippen molar-refractivity contribution < 1.29 is 14.4 Å². The van der Waals surface area contributed by atoms with E-state index in [1.165, 1.54) is 28.8 Å². The fourth-order valence-electron chi connectivity index (χ4n) is 4.79. The number of aromatic nitrogens is 1. The summed E-state index contributed by atoms with van der Waals surface area (Å²) in [6, 6.07) is 15.8. The predicted octanol–water partition coefficient (Wildman–Crippen LogP) is 5.36. The monoisotopic (exact) mass is 443 g/mol. The predicted molar refractivity (Wildman–Crippen MR) is 129 cm³/mol. The first-order chi connectivity index (χ1) is 16.0. The number of nitro groups is 1. The molecule has 0 fully saturated rings. The fourth-order valence-corrected chi connectivity index (χ4v) is 4.79. The number of benzene rings is 3. The lowest BCUT2D eigenvalue weighted by atomic mass is 9.89. The van der Waals surface area contributed by atoms with Crippen molar-refractivity contribution in [2.24, 2.45) is 0 Å². The summed E-state index contributed by atoms with van der Waals surface area (Å²) in [6.07, 6.45) is 0.891. The van der Waals surface area contributed by atoms with E-state index in [0.717, 1.165) is 36.3 Å². The second kappa shape index (κ2) is 8.33. The molecule has 0 N–H and O–H groups in total. The van der Waals surface area contributed by atoms with Crippen molar-refractivity contribution in [1.29, 1.82) is 0 Å². The van der Waals surface area contributed by atoms with Crippen molar-refractivity contribution in [2.75, 3.05) is 27.3 Å². The van der Waals surface area contributed by atoms with Crippen molar-refractivity contribution >= 4 is 27.4 Å². The van der Waals surface area contributed by atoms with Gasteiger partial charge < -0.3 is 14.4 Å². The molecule has 0 radical (unpaired) electrons. The van der Waals surface area contributed by atoms with E-state index in [2.05, 4.69) is 36.2 Å². The SMILES string of the molecule is CCOc1c(OC)cc(-c2nc3ccc4ccccc4c3c3c2CN(C)CC3)cc1[N+](=O)[O-]. The van der Waals surface area contributed by atoms with Gasteiger partial charge in [0.15, 0.2) is 5.75 Å². The van der Waals surface area contributed by atoms with Crippen molar-refractivity contribution in [3.8, 4) is 22.8 Å². The highest BCUT2D eigenvalue weighted by atomic mass is 16.6. The Bertz CT molecular complexity index is 1400. The number of pyridine rings is 1. The Labute approximate surface area is 191 Å². The van der Waals surface area contributed by atoms with E-state index >= 15 is 0 Å². The van der Waals surface area contributed by atoms with Crippen molar-refractivity contribution in [3.63, 3.8) is 0 Å². The minimum Gasteiger partial charge on any atom is -0.493 e. The van der Waals surface area contributed by atoms with E-state index < -0.39 is 4.92 Å². The van der Waals surface area contributed by atoms with Gasteiger partial charge >= 0.3 is 5.69 Å². The number of rotatable bonds is 5. The Kier molecular flexibility index (Phi) is 5.34. The number of nitrogens with zero attached hydrogens (tertiary/aromatic N) is 3. The molecule has 0 amide bonds. The van der Waals surface area contributed by atoms with E-state index in [1.54, 1.807) is 19.1 Å². The minimum atomic E-state index is -0.426. The van der Waals surface area contributed by atoms with Crippen LogP contribution in [0.25, 0.3) is 32.9 Å². The van der Waals surface area contributed by atoms with E-state index in [1.807, 2.05) is 12.1 Å². The molecule has 7 nitrogen and oxygen atoms in total. The molecule has 5 rings (SSSR count). The van der Waals surface area contributed by atoms with Gasteiger partial charge in [-0.15, -0.1) is 0 Å². The van der Waals surface area contributed by atoms with Crippen LogP contribution in [-0.2, 0) is 13.0 Å². The Morgan fingerprint density at radius 2 is 1.97 bits per heavy atom. The summed E-state index contributed by atoms with van der Waals surface area (Å²) in [5.41, 5.74) is 4.55. The molecule has 3 aromatic carbocycles. The van der Waals surface area contributed by atoms with Gasteiger partial charge in [0.1, 0.15) is 0 Å². The van der Waals surface area contributed by atoms with Crippen molar-refractivity contribution in [3.05, 3.63) is 69.8 Å².